The summed E-state index contributed by atoms with van der Waals surface area (Å²) >= 11 is 0. The third-order valence-electron chi connectivity index (χ3n) is 3.79. The van der Waals surface area contributed by atoms with Crippen LogP contribution in [0.2, 0.25) is 0 Å². The van der Waals surface area contributed by atoms with Gasteiger partial charge in [0.25, 0.3) is 0 Å². The van der Waals surface area contributed by atoms with Crippen molar-refractivity contribution in [3.05, 3.63) is 29.8 Å². The Morgan fingerprint density at radius 1 is 1.11 bits per heavy atom. The summed E-state index contributed by atoms with van der Waals surface area (Å²) in [6, 6.07) is 8.10. The molecule has 0 radical (unpaired) electrons. The maximum Gasteiger partial charge on any atom is 0.241 e. The molecular formula is C14H18N2O2. The van der Waals surface area contributed by atoms with E-state index in [2.05, 4.69) is 11.1 Å². The number of hydrogen-bond acceptors (Lipinski definition) is 3. The highest BCUT2D eigenvalue weighted by Gasteiger charge is 2.31. The number of amides is 1. The molecule has 1 N–H and O–H groups in total. The Hall–Kier alpha value is -1.39. The predicted octanol–water partition coefficient (Wildman–Crippen LogP) is 1.34. The fourth-order valence-electron chi connectivity index (χ4n) is 2.77. The van der Waals surface area contributed by atoms with Gasteiger partial charge in [0.05, 0.1) is 11.8 Å². The lowest BCUT2D eigenvalue weighted by Gasteiger charge is -2.41. The van der Waals surface area contributed by atoms with E-state index in [1.165, 1.54) is 5.56 Å². The van der Waals surface area contributed by atoms with E-state index in [9.17, 15) is 9.90 Å². The highest BCUT2D eigenvalue weighted by atomic mass is 16.3. The molecule has 1 aromatic carbocycles. The number of hydrazine groups is 1. The van der Waals surface area contributed by atoms with Gasteiger partial charge in [0.15, 0.2) is 0 Å². The molecule has 4 nitrogen and oxygen atoms in total. The number of aryl methyl sites for hydroxylation is 1. The zero-order valence-electron chi connectivity index (χ0n) is 10.4. The second-order valence-electron chi connectivity index (χ2n) is 5.02. The molecule has 1 fully saturated rings. The Bertz CT molecular complexity index is 453. The van der Waals surface area contributed by atoms with Gasteiger partial charge in [-0.3, -0.25) is 4.79 Å². The lowest BCUT2D eigenvalue weighted by molar-refractivity contribution is -0.122. The largest absolute Gasteiger partial charge is 0.393 e. The topological polar surface area (TPSA) is 43.8 Å². The number of anilines is 1. The van der Waals surface area contributed by atoms with Crippen LogP contribution in [-0.2, 0) is 11.2 Å². The van der Waals surface area contributed by atoms with E-state index in [0.29, 0.717) is 6.42 Å². The number of aliphatic hydroxyl groups excluding tert-OH is 1. The number of benzene rings is 1. The molecule has 96 valence electrons. The molecule has 2 heterocycles. The summed E-state index contributed by atoms with van der Waals surface area (Å²) in [5.41, 5.74) is 2.26. The summed E-state index contributed by atoms with van der Waals surface area (Å²) in [5.74, 6) is 0.171. The fourth-order valence-corrected chi connectivity index (χ4v) is 2.77. The quantitative estimate of drug-likeness (QED) is 0.813. The van der Waals surface area contributed by atoms with Crippen LogP contribution < -0.4 is 5.01 Å². The van der Waals surface area contributed by atoms with Crippen molar-refractivity contribution in [3.8, 4) is 0 Å². The van der Waals surface area contributed by atoms with Gasteiger partial charge in [-0.05, 0) is 30.9 Å². The van der Waals surface area contributed by atoms with Crippen molar-refractivity contribution in [2.45, 2.75) is 31.8 Å². The number of para-hydroxylation sites is 1. The summed E-state index contributed by atoms with van der Waals surface area (Å²) in [6.07, 6.45) is 2.69. The maximum absolute atomic E-state index is 12.2. The summed E-state index contributed by atoms with van der Waals surface area (Å²) in [6.45, 7) is 1.50. The van der Waals surface area contributed by atoms with Gasteiger partial charge in [-0.2, -0.15) is 0 Å². The molecule has 0 spiro atoms. The molecule has 1 saturated heterocycles. The van der Waals surface area contributed by atoms with E-state index in [0.717, 1.165) is 38.0 Å². The van der Waals surface area contributed by atoms with E-state index in [1.54, 1.807) is 0 Å². The fraction of sp³-hybridized carbons (Fsp3) is 0.500. The molecule has 1 aromatic rings. The molecule has 1 amide bonds. The summed E-state index contributed by atoms with van der Waals surface area (Å²) in [4.78, 5) is 12.2. The van der Waals surface area contributed by atoms with Crippen LogP contribution in [0, 0.1) is 0 Å². The monoisotopic (exact) mass is 246 g/mol. The molecule has 2 aliphatic rings. The number of aliphatic hydroxyl groups is 1. The predicted molar refractivity (Wildman–Crippen MR) is 69.1 cm³/mol. The minimum atomic E-state index is -0.212. The molecule has 0 bridgehead atoms. The first-order chi connectivity index (χ1) is 8.75. The minimum absolute atomic E-state index is 0.171. The van der Waals surface area contributed by atoms with Crippen molar-refractivity contribution >= 4 is 11.6 Å². The Morgan fingerprint density at radius 2 is 1.83 bits per heavy atom. The molecule has 3 rings (SSSR count). The number of nitrogens with zero attached hydrogens (tertiary/aromatic N) is 2. The van der Waals surface area contributed by atoms with Crippen molar-refractivity contribution in [1.82, 2.24) is 5.01 Å². The van der Waals surface area contributed by atoms with E-state index < -0.39 is 0 Å². The van der Waals surface area contributed by atoms with Crippen molar-refractivity contribution in [2.75, 3.05) is 18.1 Å². The van der Waals surface area contributed by atoms with Gasteiger partial charge in [0.1, 0.15) is 0 Å². The third kappa shape index (κ3) is 2.02. The number of rotatable bonds is 1. The van der Waals surface area contributed by atoms with Crippen LogP contribution in [0.4, 0.5) is 5.69 Å². The van der Waals surface area contributed by atoms with Crippen LogP contribution in [0.25, 0.3) is 0 Å². The zero-order valence-corrected chi connectivity index (χ0v) is 10.4. The van der Waals surface area contributed by atoms with Crippen LogP contribution in [0.3, 0.4) is 0 Å². The number of fused-ring (bicyclic) bond motifs is 1. The molecular weight excluding hydrogens is 228 g/mol. The molecule has 0 atom stereocenters. The minimum Gasteiger partial charge on any atom is -0.393 e. The second kappa shape index (κ2) is 4.71. The van der Waals surface area contributed by atoms with Crippen LogP contribution in [0.1, 0.15) is 24.8 Å². The lowest BCUT2D eigenvalue weighted by atomic mass is 10.0. The van der Waals surface area contributed by atoms with Crippen molar-refractivity contribution in [2.24, 2.45) is 0 Å². The van der Waals surface area contributed by atoms with Crippen molar-refractivity contribution in [3.63, 3.8) is 0 Å². The van der Waals surface area contributed by atoms with Gasteiger partial charge in [-0.15, -0.1) is 0 Å². The first-order valence-electron chi connectivity index (χ1n) is 6.59. The zero-order chi connectivity index (χ0) is 12.5. The van der Waals surface area contributed by atoms with Gasteiger partial charge < -0.3 is 5.11 Å². The Kier molecular flexibility index (Phi) is 3.06. The summed E-state index contributed by atoms with van der Waals surface area (Å²) in [7, 11) is 0. The van der Waals surface area contributed by atoms with Crippen molar-refractivity contribution in [1.29, 1.82) is 0 Å². The summed E-state index contributed by atoms with van der Waals surface area (Å²) in [5, 5.41) is 13.5. The second-order valence-corrected chi connectivity index (χ2v) is 5.02. The number of carbonyl (C=O) groups is 1. The average molecular weight is 246 g/mol. The van der Waals surface area contributed by atoms with Gasteiger partial charge in [-0.1, -0.05) is 18.2 Å². The van der Waals surface area contributed by atoms with E-state index in [1.807, 2.05) is 23.2 Å². The Labute approximate surface area is 107 Å². The number of hydrogen-bond donors (Lipinski definition) is 1. The Balaban J connectivity index is 1.88. The highest BCUT2D eigenvalue weighted by molar-refractivity contribution is 5.95. The lowest BCUT2D eigenvalue weighted by Crippen LogP contribution is -2.52. The Morgan fingerprint density at radius 3 is 2.61 bits per heavy atom. The average Bonchev–Trinajstić information content (AvgIpc) is 2.40. The molecule has 0 unspecified atom stereocenters. The van der Waals surface area contributed by atoms with Gasteiger partial charge in [0, 0.05) is 19.5 Å². The van der Waals surface area contributed by atoms with Crippen LogP contribution in [0.15, 0.2) is 24.3 Å². The SMILES string of the molecule is O=C1CCc2ccccc2N1N1CCC(O)CC1. The maximum atomic E-state index is 12.2. The molecule has 0 aromatic heterocycles. The molecule has 18 heavy (non-hydrogen) atoms. The van der Waals surface area contributed by atoms with Crippen LogP contribution in [-0.4, -0.2) is 35.2 Å². The van der Waals surface area contributed by atoms with Gasteiger partial charge >= 0.3 is 0 Å². The highest BCUT2D eigenvalue weighted by Crippen LogP contribution is 2.30. The number of carbonyl (C=O) groups excluding carboxylic acids is 1. The smallest absolute Gasteiger partial charge is 0.241 e. The van der Waals surface area contributed by atoms with Gasteiger partial charge in [0.2, 0.25) is 5.91 Å². The van der Waals surface area contributed by atoms with E-state index >= 15 is 0 Å². The molecule has 0 saturated carbocycles. The first-order valence-corrected chi connectivity index (χ1v) is 6.59. The third-order valence-corrected chi connectivity index (χ3v) is 3.79. The van der Waals surface area contributed by atoms with Crippen molar-refractivity contribution < 1.29 is 9.90 Å². The number of piperidine rings is 1. The van der Waals surface area contributed by atoms with Crippen LogP contribution in [0.5, 0.6) is 0 Å². The van der Waals surface area contributed by atoms with Gasteiger partial charge in [-0.25, -0.2) is 10.0 Å². The normalized spacial score (nSPS) is 22.1. The van der Waals surface area contributed by atoms with E-state index in [4.69, 9.17) is 0 Å². The molecule has 4 heteroatoms. The standard InChI is InChI=1S/C14H18N2O2/c17-12-7-9-15(10-8-12)16-13-4-2-1-3-11(13)5-6-14(16)18/h1-4,12,17H,5-10H2. The molecule has 2 aliphatic heterocycles. The van der Waals surface area contributed by atoms with Crippen LogP contribution >= 0.6 is 0 Å². The van der Waals surface area contributed by atoms with E-state index in [-0.39, 0.29) is 12.0 Å². The first kappa shape index (κ1) is 11.7. The molecule has 0 aliphatic carbocycles. The summed E-state index contributed by atoms with van der Waals surface area (Å²) < 4.78 is 0.